The van der Waals surface area contributed by atoms with Crippen LogP contribution >= 0.6 is 0 Å². The summed E-state index contributed by atoms with van der Waals surface area (Å²) in [5, 5.41) is 8.74. The van der Waals surface area contributed by atoms with E-state index >= 15 is 0 Å². The monoisotopic (exact) mass is 223 g/mol. The third-order valence-electron chi connectivity index (χ3n) is 2.60. The largest absolute Gasteiger partial charge is 0.329 e. The Morgan fingerprint density at radius 3 is 2.41 bits per heavy atom. The Balaban J connectivity index is 2.30. The average molecular weight is 223 g/mol. The number of hydrogen-bond acceptors (Lipinski definition) is 3. The van der Waals surface area contributed by atoms with Crippen LogP contribution in [0.5, 0.6) is 0 Å². The topological polar surface area (TPSA) is 39.9 Å². The molecule has 2 rings (SSSR count). The number of aryl methyl sites for hydroxylation is 1. The van der Waals surface area contributed by atoms with Crippen LogP contribution in [-0.4, -0.2) is 12.0 Å². The Morgan fingerprint density at radius 2 is 1.82 bits per heavy atom. The van der Waals surface area contributed by atoms with Gasteiger partial charge in [-0.05, 0) is 43.3 Å². The molecule has 0 bridgehead atoms. The smallest absolute Gasteiger partial charge is 0.132 e. The Bertz CT molecular complexity index is 552. The normalized spacial score (nSPS) is 9.71. The van der Waals surface area contributed by atoms with Gasteiger partial charge in [0.05, 0.1) is 11.6 Å². The summed E-state index contributed by atoms with van der Waals surface area (Å²) in [4.78, 5) is 6.45. The van der Waals surface area contributed by atoms with Crippen molar-refractivity contribution in [2.75, 3.05) is 11.9 Å². The third kappa shape index (κ3) is 2.43. The van der Waals surface area contributed by atoms with Crippen molar-refractivity contribution in [3.63, 3.8) is 0 Å². The lowest BCUT2D eigenvalue weighted by Crippen LogP contribution is -2.11. The SMILES string of the molecule is Cc1cccc(N(C)c2ccc(C#N)cc2)n1. The molecule has 0 radical (unpaired) electrons. The van der Waals surface area contributed by atoms with E-state index in [1.807, 2.05) is 61.3 Å². The molecule has 3 heteroatoms. The molecule has 0 saturated carbocycles. The van der Waals surface area contributed by atoms with Gasteiger partial charge >= 0.3 is 0 Å². The Hall–Kier alpha value is -2.34. The second-order valence-corrected chi connectivity index (χ2v) is 3.85. The molecule has 3 nitrogen and oxygen atoms in total. The van der Waals surface area contributed by atoms with Crippen molar-refractivity contribution in [2.24, 2.45) is 0 Å². The zero-order valence-electron chi connectivity index (χ0n) is 9.88. The van der Waals surface area contributed by atoms with Crippen LogP contribution in [0.2, 0.25) is 0 Å². The molecule has 17 heavy (non-hydrogen) atoms. The highest BCUT2D eigenvalue weighted by Gasteiger charge is 2.04. The van der Waals surface area contributed by atoms with E-state index < -0.39 is 0 Å². The van der Waals surface area contributed by atoms with Crippen LogP contribution in [0.15, 0.2) is 42.5 Å². The number of hydrogen-bond donors (Lipinski definition) is 0. The Kier molecular flexibility index (Phi) is 3.06. The molecule has 0 N–H and O–H groups in total. The lowest BCUT2D eigenvalue weighted by atomic mass is 10.2. The molecular formula is C14H13N3. The van der Waals surface area contributed by atoms with Crippen LogP contribution in [0.25, 0.3) is 0 Å². The number of benzene rings is 1. The maximum atomic E-state index is 8.74. The van der Waals surface area contributed by atoms with Crippen LogP contribution in [0.4, 0.5) is 11.5 Å². The van der Waals surface area contributed by atoms with Gasteiger partial charge in [-0.3, -0.25) is 0 Å². The summed E-state index contributed by atoms with van der Waals surface area (Å²) in [6, 6.07) is 15.5. The molecule has 0 amide bonds. The van der Waals surface area contributed by atoms with Gasteiger partial charge in [-0.2, -0.15) is 5.26 Å². The molecule has 0 saturated heterocycles. The zero-order chi connectivity index (χ0) is 12.3. The molecule has 0 atom stereocenters. The average Bonchev–Trinajstić information content (AvgIpc) is 2.38. The minimum absolute atomic E-state index is 0.666. The van der Waals surface area contributed by atoms with Gasteiger partial charge in [-0.15, -0.1) is 0 Å². The van der Waals surface area contributed by atoms with E-state index in [1.165, 1.54) is 0 Å². The summed E-state index contributed by atoms with van der Waals surface area (Å²) in [6.45, 7) is 1.97. The lowest BCUT2D eigenvalue weighted by molar-refractivity contribution is 1.09. The van der Waals surface area contributed by atoms with E-state index in [0.717, 1.165) is 17.2 Å². The van der Waals surface area contributed by atoms with E-state index in [1.54, 1.807) is 0 Å². The number of nitrogens with zero attached hydrogens (tertiary/aromatic N) is 3. The molecule has 1 aromatic carbocycles. The van der Waals surface area contributed by atoms with Gasteiger partial charge in [0, 0.05) is 18.4 Å². The summed E-state index contributed by atoms with van der Waals surface area (Å²) < 4.78 is 0. The van der Waals surface area contributed by atoms with Gasteiger partial charge in [-0.1, -0.05) is 6.07 Å². The zero-order valence-corrected chi connectivity index (χ0v) is 9.88. The maximum absolute atomic E-state index is 8.74. The molecule has 1 aromatic heterocycles. The molecule has 0 spiro atoms. The van der Waals surface area contributed by atoms with Crippen molar-refractivity contribution in [2.45, 2.75) is 6.92 Å². The Morgan fingerprint density at radius 1 is 1.12 bits per heavy atom. The van der Waals surface area contributed by atoms with Crippen molar-refractivity contribution in [3.05, 3.63) is 53.7 Å². The molecule has 84 valence electrons. The summed E-state index contributed by atoms with van der Waals surface area (Å²) in [5.74, 6) is 0.898. The van der Waals surface area contributed by atoms with Crippen molar-refractivity contribution in [3.8, 4) is 6.07 Å². The van der Waals surface area contributed by atoms with Crippen LogP contribution in [0, 0.1) is 18.3 Å². The minimum atomic E-state index is 0.666. The third-order valence-corrected chi connectivity index (χ3v) is 2.60. The highest BCUT2D eigenvalue weighted by atomic mass is 15.2. The molecule has 0 unspecified atom stereocenters. The predicted molar refractivity (Wildman–Crippen MR) is 68.2 cm³/mol. The second-order valence-electron chi connectivity index (χ2n) is 3.85. The number of pyridine rings is 1. The van der Waals surface area contributed by atoms with E-state index in [9.17, 15) is 0 Å². The van der Waals surface area contributed by atoms with Crippen molar-refractivity contribution >= 4 is 11.5 Å². The predicted octanol–water partition coefficient (Wildman–Crippen LogP) is 3.03. The van der Waals surface area contributed by atoms with Crippen LogP contribution in [0.3, 0.4) is 0 Å². The van der Waals surface area contributed by atoms with Gasteiger partial charge < -0.3 is 4.90 Å². The van der Waals surface area contributed by atoms with Gasteiger partial charge in [0.2, 0.25) is 0 Å². The quantitative estimate of drug-likeness (QED) is 0.785. The fourth-order valence-electron chi connectivity index (χ4n) is 1.61. The number of rotatable bonds is 2. The first-order valence-corrected chi connectivity index (χ1v) is 5.38. The number of aromatic nitrogens is 1. The summed E-state index contributed by atoms with van der Waals surface area (Å²) >= 11 is 0. The van der Waals surface area contributed by atoms with E-state index in [0.29, 0.717) is 5.56 Å². The van der Waals surface area contributed by atoms with Crippen LogP contribution in [0.1, 0.15) is 11.3 Å². The minimum Gasteiger partial charge on any atom is -0.329 e. The standard InChI is InChI=1S/C14H13N3/c1-11-4-3-5-14(16-11)17(2)13-8-6-12(10-15)7-9-13/h3-9H,1-2H3. The number of nitriles is 1. The summed E-state index contributed by atoms with van der Waals surface area (Å²) in [6.07, 6.45) is 0. The van der Waals surface area contributed by atoms with Gasteiger partial charge in [0.1, 0.15) is 5.82 Å². The fraction of sp³-hybridized carbons (Fsp3) is 0.143. The molecule has 2 aromatic rings. The first-order valence-electron chi connectivity index (χ1n) is 5.38. The maximum Gasteiger partial charge on any atom is 0.132 e. The van der Waals surface area contributed by atoms with E-state index in [2.05, 4.69) is 11.1 Å². The van der Waals surface area contributed by atoms with Crippen LogP contribution in [-0.2, 0) is 0 Å². The summed E-state index contributed by atoms with van der Waals surface area (Å²) in [7, 11) is 1.96. The van der Waals surface area contributed by atoms with E-state index in [-0.39, 0.29) is 0 Å². The molecular weight excluding hydrogens is 210 g/mol. The van der Waals surface area contributed by atoms with Gasteiger partial charge in [-0.25, -0.2) is 4.98 Å². The lowest BCUT2D eigenvalue weighted by Gasteiger charge is -2.18. The fourth-order valence-corrected chi connectivity index (χ4v) is 1.61. The van der Waals surface area contributed by atoms with Gasteiger partial charge in [0.25, 0.3) is 0 Å². The number of anilines is 2. The van der Waals surface area contributed by atoms with Gasteiger partial charge in [0.15, 0.2) is 0 Å². The molecule has 1 heterocycles. The van der Waals surface area contributed by atoms with Crippen molar-refractivity contribution < 1.29 is 0 Å². The first-order chi connectivity index (χ1) is 8.20. The Labute approximate surface area is 101 Å². The highest BCUT2D eigenvalue weighted by Crippen LogP contribution is 2.21. The highest BCUT2D eigenvalue weighted by molar-refractivity contribution is 5.60. The van der Waals surface area contributed by atoms with E-state index in [4.69, 9.17) is 5.26 Å². The molecule has 0 aliphatic rings. The van der Waals surface area contributed by atoms with Crippen molar-refractivity contribution in [1.29, 1.82) is 5.26 Å². The molecule has 0 aliphatic heterocycles. The first kappa shape index (κ1) is 11.2. The second kappa shape index (κ2) is 4.67. The summed E-state index contributed by atoms with van der Waals surface area (Å²) in [5.41, 5.74) is 2.67. The van der Waals surface area contributed by atoms with Crippen molar-refractivity contribution in [1.82, 2.24) is 4.98 Å². The molecule has 0 fully saturated rings. The molecule has 0 aliphatic carbocycles. The van der Waals surface area contributed by atoms with Crippen LogP contribution < -0.4 is 4.90 Å².